The van der Waals surface area contributed by atoms with Gasteiger partial charge in [-0.1, -0.05) is 29.8 Å². The summed E-state index contributed by atoms with van der Waals surface area (Å²) in [6.45, 7) is 1.18. The minimum atomic E-state index is -0.548. The third-order valence-corrected chi connectivity index (χ3v) is 5.27. The number of nitrogens with zero attached hydrogens (tertiary/aromatic N) is 2. The Morgan fingerprint density at radius 3 is 2.96 bits per heavy atom. The molecule has 1 amide bonds. The molecule has 0 radical (unpaired) electrons. The quantitative estimate of drug-likeness (QED) is 0.706. The molecule has 3 heterocycles. The van der Waals surface area contributed by atoms with Crippen LogP contribution in [0.2, 0.25) is 4.34 Å². The Morgan fingerprint density at radius 2 is 2.20 bits per heavy atom. The molecule has 0 bridgehead atoms. The summed E-state index contributed by atoms with van der Waals surface area (Å²) in [5, 5.41) is 12.1. The number of benzene rings is 1. The molecule has 0 fully saturated rings. The van der Waals surface area contributed by atoms with Crippen LogP contribution in [0.25, 0.3) is 16.5 Å². The van der Waals surface area contributed by atoms with E-state index in [1.807, 2.05) is 36.4 Å². The fraction of sp³-hybridized carbons (Fsp3) is 0.176. The number of hydrogen-bond acceptors (Lipinski definition) is 5. The predicted octanol–water partition coefficient (Wildman–Crippen LogP) is 4.53. The molecule has 25 heavy (non-hydrogen) atoms. The largest absolute Gasteiger partial charge is 0.432 e. The van der Waals surface area contributed by atoms with Gasteiger partial charge in [-0.2, -0.15) is 5.10 Å². The minimum absolute atomic E-state index is 0.460. The van der Waals surface area contributed by atoms with Gasteiger partial charge >= 0.3 is 6.09 Å². The molecule has 1 aromatic carbocycles. The van der Waals surface area contributed by atoms with Gasteiger partial charge in [-0.25, -0.2) is 4.79 Å². The van der Waals surface area contributed by atoms with Gasteiger partial charge in [-0.3, -0.25) is 10.4 Å². The number of thiophene rings is 1. The molecule has 8 heteroatoms. The Morgan fingerprint density at radius 1 is 1.32 bits per heavy atom. The first-order valence-corrected chi connectivity index (χ1v) is 9.00. The van der Waals surface area contributed by atoms with Crippen molar-refractivity contribution in [1.29, 1.82) is 0 Å². The van der Waals surface area contributed by atoms with Gasteiger partial charge in [-0.15, -0.1) is 16.4 Å². The highest BCUT2D eigenvalue weighted by Crippen LogP contribution is 2.31. The van der Waals surface area contributed by atoms with Gasteiger partial charge in [0.15, 0.2) is 5.82 Å². The lowest BCUT2D eigenvalue weighted by Crippen LogP contribution is -2.33. The molecule has 0 atom stereocenters. The van der Waals surface area contributed by atoms with Gasteiger partial charge in [0.25, 0.3) is 0 Å². The number of carbonyl (C=O) groups is 1. The number of H-pyrrole nitrogens is 1. The summed E-state index contributed by atoms with van der Waals surface area (Å²) in [4.78, 5) is 18.6. The van der Waals surface area contributed by atoms with Crippen molar-refractivity contribution in [2.75, 3.05) is 18.4 Å². The Balaban J connectivity index is 1.37. The SMILES string of the molecule is O=C(Nc1n[nH]c2ccccc12)ON1CC=C(c2ccc(Cl)s2)CC1. The number of aromatic nitrogens is 2. The van der Waals surface area contributed by atoms with E-state index in [1.54, 1.807) is 16.4 Å². The van der Waals surface area contributed by atoms with Gasteiger partial charge in [0.05, 0.1) is 16.4 Å². The normalized spacial score (nSPS) is 15.2. The molecule has 1 aliphatic rings. The molecule has 1 aliphatic heterocycles. The number of amides is 1. The van der Waals surface area contributed by atoms with E-state index in [-0.39, 0.29) is 0 Å². The molecule has 2 aromatic heterocycles. The first kappa shape index (κ1) is 16.1. The van der Waals surface area contributed by atoms with Gasteiger partial charge < -0.3 is 4.84 Å². The standard InChI is InChI=1S/C17H15ClN4O2S/c18-15-6-5-14(25-15)11-7-9-22(10-8-11)24-17(23)19-16-12-3-1-2-4-13(12)20-21-16/h1-7H,8-10H2,(H2,19,20,21,23). The maximum Gasteiger partial charge on any atom is 0.432 e. The Hall–Kier alpha value is -2.35. The molecule has 0 unspecified atom stereocenters. The first-order valence-electron chi connectivity index (χ1n) is 7.81. The van der Waals surface area contributed by atoms with E-state index in [9.17, 15) is 4.79 Å². The lowest BCUT2D eigenvalue weighted by Gasteiger charge is -2.24. The number of para-hydroxylation sites is 1. The lowest BCUT2D eigenvalue weighted by atomic mass is 10.1. The summed E-state index contributed by atoms with van der Waals surface area (Å²) in [5.74, 6) is 0.460. The second-order valence-electron chi connectivity index (χ2n) is 5.59. The zero-order chi connectivity index (χ0) is 17.2. The third-order valence-electron chi connectivity index (χ3n) is 3.96. The van der Waals surface area contributed by atoms with Crippen LogP contribution >= 0.6 is 22.9 Å². The molecular formula is C17H15ClN4O2S. The minimum Gasteiger partial charge on any atom is -0.350 e. The monoisotopic (exact) mass is 374 g/mol. The van der Waals surface area contributed by atoms with E-state index in [1.165, 1.54) is 5.57 Å². The summed E-state index contributed by atoms with van der Waals surface area (Å²) in [6.07, 6.45) is 2.31. The average Bonchev–Trinajstić information content (AvgIpc) is 3.22. The highest BCUT2D eigenvalue weighted by molar-refractivity contribution is 7.17. The van der Waals surface area contributed by atoms with Crippen LogP contribution in [0.5, 0.6) is 0 Å². The van der Waals surface area contributed by atoms with Crippen molar-refractivity contribution in [3.63, 3.8) is 0 Å². The number of hydroxylamine groups is 2. The highest BCUT2D eigenvalue weighted by atomic mass is 35.5. The van der Waals surface area contributed by atoms with Crippen molar-refractivity contribution in [2.24, 2.45) is 0 Å². The van der Waals surface area contributed by atoms with Crippen LogP contribution in [0.1, 0.15) is 11.3 Å². The topological polar surface area (TPSA) is 70.2 Å². The van der Waals surface area contributed by atoms with Crippen molar-refractivity contribution < 1.29 is 9.63 Å². The van der Waals surface area contributed by atoms with Gasteiger partial charge in [0.1, 0.15) is 0 Å². The van der Waals surface area contributed by atoms with Crippen LogP contribution in [-0.4, -0.2) is 34.4 Å². The van der Waals surface area contributed by atoms with Crippen molar-refractivity contribution >= 4 is 51.3 Å². The van der Waals surface area contributed by atoms with Gasteiger partial charge in [0, 0.05) is 16.8 Å². The molecule has 0 spiro atoms. The summed E-state index contributed by atoms with van der Waals surface area (Å²) in [5.41, 5.74) is 2.09. The number of anilines is 1. The van der Waals surface area contributed by atoms with Crippen LogP contribution in [0, 0.1) is 0 Å². The van der Waals surface area contributed by atoms with E-state index < -0.39 is 6.09 Å². The fourth-order valence-corrected chi connectivity index (χ4v) is 3.85. The zero-order valence-corrected chi connectivity index (χ0v) is 14.7. The number of nitrogens with one attached hydrogen (secondary N) is 2. The Bertz CT molecular complexity index is 949. The van der Waals surface area contributed by atoms with Crippen molar-refractivity contribution in [2.45, 2.75) is 6.42 Å². The number of aromatic amines is 1. The van der Waals surface area contributed by atoms with E-state index in [0.717, 1.165) is 26.5 Å². The molecule has 128 valence electrons. The fourth-order valence-electron chi connectivity index (χ4n) is 2.74. The summed E-state index contributed by atoms with van der Waals surface area (Å²) < 4.78 is 0.778. The van der Waals surface area contributed by atoms with Crippen LogP contribution < -0.4 is 5.32 Å². The average molecular weight is 375 g/mol. The second kappa shape index (κ2) is 6.87. The molecule has 6 nitrogen and oxygen atoms in total. The number of halogens is 1. The molecule has 3 aromatic rings. The van der Waals surface area contributed by atoms with E-state index in [0.29, 0.717) is 18.9 Å². The predicted molar refractivity (Wildman–Crippen MR) is 99.7 cm³/mol. The molecule has 4 rings (SSSR count). The van der Waals surface area contributed by atoms with Crippen molar-refractivity contribution in [1.82, 2.24) is 15.3 Å². The van der Waals surface area contributed by atoms with Crippen LogP contribution in [0.3, 0.4) is 0 Å². The number of fused-ring (bicyclic) bond motifs is 1. The number of hydrogen-bond donors (Lipinski definition) is 2. The van der Waals surface area contributed by atoms with E-state index in [2.05, 4.69) is 21.6 Å². The molecule has 2 N–H and O–H groups in total. The smallest absolute Gasteiger partial charge is 0.350 e. The van der Waals surface area contributed by atoms with Crippen LogP contribution in [0.4, 0.5) is 10.6 Å². The van der Waals surface area contributed by atoms with Gasteiger partial charge in [-0.05, 0) is 36.3 Å². The zero-order valence-electron chi connectivity index (χ0n) is 13.2. The maximum atomic E-state index is 12.1. The second-order valence-corrected chi connectivity index (χ2v) is 7.31. The van der Waals surface area contributed by atoms with Gasteiger partial charge in [0.2, 0.25) is 0 Å². The van der Waals surface area contributed by atoms with Crippen molar-refractivity contribution in [3.8, 4) is 0 Å². The Labute approximate surface area is 153 Å². The summed E-state index contributed by atoms with van der Waals surface area (Å²) in [7, 11) is 0. The molecule has 0 aliphatic carbocycles. The highest BCUT2D eigenvalue weighted by Gasteiger charge is 2.18. The van der Waals surface area contributed by atoms with Crippen LogP contribution in [-0.2, 0) is 4.84 Å². The molecule has 0 saturated carbocycles. The lowest BCUT2D eigenvalue weighted by molar-refractivity contribution is -0.0851. The summed E-state index contributed by atoms with van der Waals surface area (Å²) in [6, 6.07) is 11.5. The van der Waals surface area contributed by atoms with E-state index >= 15 is 0 Å². The number of carbonyl (C=O) groups excluding carboxylic acids is 1. The van der Waals surface area contributed by atoms with Crippen LogP contribution in [0.15, 0.2) is 42.5 Å². The third kappa shape index (κ3) is 3.53. The molecular weight excluding hydrogens is 360 g/mol. The summed E-state index contributed by atoms with van der Waals surface area (Å²) >= 11 is 7.54. The van der Waals surface area contributed by atoms with E-state index in [4.69, 9.17) is 16.4 Å². The number of rotatable bonds is 3. The van der Waals surface area contributed by atoms with Crippen molar-refractivity contribution in [3.05, 3.63) is 51.7 Å². The first-order chi connectivity index (χ1) is 12.2. The molecule has 0 saturated heterocycles. The Kier molecular flexibility index (Phi) is 4.44. The maximum absolute atomic E-state index is 12.1.